The van der Waals surface area contributed by atoms with Crippen LogP contribution in [0.1, 0.15) is 59.9 Å². The van der Waals surface area contributed by atoms with E-state index in [9.17, 15) is 10.2 Å². The zero-order valence-electron chi connectivity index (χ0n) is 21.9. The Kier molecular flexibility index (Phi) is 7.98. The fourth-order valence-corrected chi connectivity index (χ4v) is 5.39. The second kappa shape index (κ2) is 10.9. The number of rotatable bonds is 9. The van der Waals surface area contributed by atoms with Crippen molar-refractivity contribution in [3.63, 3.8) is 0 Å². The van der Waals surface area contributed by atoms with E-state index in [1.165, 1.54) is 5.56 Å². The normalized spacial score (nSPS) is 17.5. The highest BCUT2D eigenvalue weighted by atomic mass is 35.5. The molecule has 1 aliphatic rings. The maximum atomic E-state index is 10.6. The monoisotopic (exact) mass is 549 g/mol. The van der Waals surface area contributed by atoms with Crippen LogP contribution in [0.2, 0.25) is 10.0 Å². The van der Waals surface area contributed by atoms with Gasteiger partial charge in [0.2, 0.25) is 0 Å². The molecule has 0 saturated heterocycles. The van der Waals surface area contributed by atoms with Crippen molar-refractivity contribution in [1.82, 2.24) is 0 Å². The molecule has 0 spiro atoms. The summed E-state index contributed by atoms with van der Waals surface area (Å²) in [7, 11) is 0. The van der Waals surface area contributed by atoms with E-state index in [0.29, 0.717) is 38.8 Å². The standard InChI is InChI=1S/C32H33Cl2NO3/c1-18-7-6-8-28(33)30(18)19(2)27(31(35)32(4,5)37)17-38-23-13-14-24(29(34)15-23)26-16-25(26)22-11-9-21(10-12-22)20(3)36/h6-15,25-26,36-37H,2-3,16-17,35H2,1,4-5H3/b31-27-. The molecule has 0 aromatic heterocycles. The van der Waals surface area contributed by atoms with Crippen molar-refractivity contribution >= 4 is 34.5 Å². The van der Waals surface area contributed by atoms with Gasteiger partial charge in [-0.2, -0.15) is 0 Å². The van der Waals surface area contributed by atoms with Gasteiger partial charge in [0.05, 0.1) is 5.60 Å². The number of aryl methyl sites for hydroxylation is 1. The van der Waals surface area contributed by atoms with Crippen molar-refractivity contribution in [1.29, 1.82) is 0 Å². The third-order valence-electron chi connectivity index (χ3n) is 7.09. The molecule has 3 aromatic rings. The molecular weight excluding hydrogens is 517 g/mol. The van der Waals surface area contributed by atoms with Crippen LogP contribution in [0.3, 0.4) is 0 Å². The summed E-state index contributed by atoms with van der Waals surface area (Å²) in [5, 5.41) is 21.4. The maximum absolute atomic E-state index is 10.6. The summed E-state index contributed by atoms with van der Waals surface area (Å²) in [6.07, 6.45) is 1.01. The van der Waals surface area contributed by atoms with Gasteiger partial charge in [-0.3, -0.25) is 0 Å². The van der Waals surface area contributed by atoms with Crippen LogP contribution in [0.4, 0.5) is 0 Å². The Morgan fingerprint density at radius 2 is 1.71 bits per heavy atom. The molecule has 1 aliphatic carbocycles. The van der Waals surface area contributed by atoms with Crippen molar-refractivity contribution in [2.24, 2.45) is 5.73 Å². The van der Waals surface area contributed by atoms with Gasteiger partial charge in [-0.05, 0) is 79.5 Å². The molecule has 38 heavy (non-hydrogen) atoms. The summed E-state index contributed by atoms with van der Waals surface area (Å²) < 4.78 is 6.12. The van der Waals surface area contributed by atoms with Crippen LogP contribution >= 0.6 is 23.2 Å². The fraction of sp³-hybridized carbons (Fsp3) is 0.250. The molecular formula is C32H33Cl2NO3. The highest BCUT2D eigenvalue weighted by Gasteiger charge is 2.40. The Morgan fingerprint density at radius 3 is 2.29 bits per heavy atom. The number of aliphatic hydroxyl groups is 2. The van der Waals surface area contributed by atoms with Crippen molar-refractivity contribution in [3.8, 4) is 5.75 Å². The van der Waals surface area contributed by atoms with Crippen LogP contribution in [0, 0.1) is 6.92 Å². The number of benzene rings is 3. The average Bonchev–Trinajstić information content (AvgIpc) is 3.64. The lowest BCUT2D eigenvalue weighted by Crippen LogP contribution is -2.31. The highest BCUT2D eigenvalue weighted by molar-refractivity contribution is 6.32. The maximum Gasteiger partial charge on any atom is 0.121 e. The molecule has 2 unspecified atom stereocenters. The van der Waals surface area contributed by atoms with Crippen LogP contribution in [0.15, 0.2) is 85.1 Å². The number of aliphatic hydroxyl groups excluding tert-OH is 1. The first-order chi connectivity index (χ1) is 17.9. The Labute approximate surface area is 234 Å². The molecule has 3 aromatic carbocycles. The molecule has 0 heterocycles. The quantitative estimate of drug-likeness (QED) is 0.186. The number of hydrogen-bond acceptors (Lipinski definition) is 4. The molecule has 0 radical (unpaired) electrons. The van der Waals surface area contributed by atoms with E-state index in [4.69, 9.17) is 33.7 Å². The zero-order chi connectivity index (χ0) is 27.8. The molecule has 0 aliphatic heterocycles. The predicted octanol–water partition coefficient (Wildman–Crippen LogP) is 8.18. The molecule has 198 valence electrons. The summed E-state index contributed by atoms with van der Waals surface area (Å²) in [6.45, 7) is 13.1. The zero-order valence-corrected chi connectivity index (χ0v) is 23.4. The van der Waals surface area contributed by atoms with E-state index in [1.807, 2.05) is 61.5 Å². The van der Waals surface area contributed by atoms with E-state index in [1.54, 1.807) is 19.9 Å². The molecule has 2 atom stereocenters. The lowest BCUT2D eigenvalue weighted by Gasteiger charge is -2.25. The first kappa shape index (κ1) is 27.8. The fourth-order valence-electron chi connectivity index (χ4n) is 4.75. The molecule has 0 amide bonds. The minimum absolute atomic E-state index is 0.0652. The lowest BCUT2D eigenvalue weighted by atomic mass is 9.90. The minimum Gasteiger partial charge on any atom is -0.508 e. The highest BCUT2D eigenvalue weighted by Crippen LogP contribution is 2.56. The van der Waals surface area contributed by atoms with Gasteiger partial charge >= 0.3 is 0 Å². The minimum atomic E-state index is -1.28. The molecule has 1 saturated carbocycles. The Bertz CT molecular complexity index is 1400. The second-order valence-electron chi connectivity index (χ2n) is 10.4. The SMILES string of the molecule is C=C(O)c1ccc(C2CC2c2ccc(OC/C(C(=C)c3c(C)cccc3Cl)=C(/N)C(C)(C)O)cc2Cl)cc1. The largest absolute Gasteiger partial charge is 0.508 e. The molecule has 1 fully saturated rings. The smallest absolute Gasteiger partial charge is 0.121 e. The van der Waals surface area contributed by atoms with Gasteiger partial charge in [-0.25, -0.2) is 0 Å². The summed E-state index contributed by atoms with van der Waals surface area (Å²) in [4.78, 5) is 0. The molecule has 0 bridgehead atoms. The van der Waals surface area contributed by atoms with Crippen molar-refractivity contribution < 1.29 is 14.9 Å². The first-order valence-corrected chi connectivity index (χ1v) is 13.2. The van der Waals surface area contributed by atoms with Gasteiger partial charge in [0.25, 0.3) is 0 Å². The van der Waals surface area contributed by atoms with Gasteiger partial charge in [0.1, 0.15) is 18.1 Å². The van der Waals surface area contributed by atoms with Crippen LogP contribution in [-0.2, 0) is 0 Å². The van der Waals surface area contributed by atoms with E-state index < -0.39 is 5.60 Å². The molecule has 4 N–H and O–H groups in total. The summed E-state index contributed by atoms with van der Waals surface area (Å²) in [5.74, 6) is 1.36. The summed E-state index contributed by atoms with van der Waals surface area (Å²) in [6, 6.07) is 19.2. The van der Waals surface area contributed by atoms with Gasteiger partial charge in [0.15, 0.2) is 0 Å². The number of nitrogens with two attached hydrogens (primary N) is 1. The molecule has 4 nitrogen and oxygen atoms in total. The van der Waals surface area contributed by atoms with Crippen LogP contribution in [0.25, 0.3) is 11.3 Å². The third kappa shape index (κ3) is 5.94. The van der Waals surface area contributed by atoms with Gasteiger partial charge in [-0.15, -0.1) is 0 Å². The number of hydrogen-bond donors (Lipinski definition) is 3. The van der Waals surface area contributed by atoms with Crippen LogP contribution < -0.4 is 10.5 Å². The Morgan fingerprint density at radius 1 is 1.03 bits per heavy atom. The van der Waals surface area contributed by atoms with Crippen molar-refractivity contribution in [3.05, 3.63) is 123 Å². The lowest BCUT2D eigenvalue weighted by molar-refractivity contribution is 0.116. The van der Waals surface area contributed by atoms with Gasteiger partial charge in [-0.1, -0.05) is 78.8 Å². The molecule has 6 heteroatoms. The van der Waals surface area contributed by atoms with Crippen LogP contribution in [0.5, 0.6) is 5.75 Å². The average molecular weight is 551 g/mol. The van der Waals surface area contributed by atoms with E-state index >= 15 is 0 Å². The van der Waals surface area contributed by atoms with E-state index in [0.717, 1.165) is 28.7 Å². The Balaban J connectivity index is 1.52. The summed E-state index contributed by atoms with van der Waals surface area (Å²) in [5.41, 5.74) is 11.3. The number of halogens is 2. The molecule has 4 rings (SSSR count). The topological polar surface area (TPSA) is 75.7 Å². The van der Waals surface area contributed by atoms with E-state index in [2.05, 4.69) is 13.2 Å². The predicted molar refractivity (Wildman–Crippen MR) is 158 cm³/mol. The van der Waals surface area contributed by atoms with Gasteiger partial charge < -0.3 is 20.7 Å². The van der Waals surface area contributed by atoms with E-state index in [-0.39, 0.29) is 18.1 Å². The van der Waals surface area contributed by atoms with Crippen LogP contribution in [-0.4, -0.2) is 22.4 Å². The van der Waals surface area contributed by atoms with Gasteiger partial charge in [0, 0.05) is 32.4 Å². The Hall–Kier alpha value is -3.18. The summed E-state index contributed by atoms with van der Waals surface area (Å²) >= 11 is 13.2. The van der Waals surface area contributed by atoms with Crippen molar-refractivity contribution in [2.45, 2.75) is 44.6 Å². The first-order valence-electron chi connectivity index (χ1n) is 12.4. The third-order valence-corrected chi connectivity index (χ3v) is 7.73. The van der Waals surface area contributed by atoms with Crippen molar-refractivity contribution in [2.75, 3.05) is 6.61 Å². The second-order valence-corrected chi connectivity index (χ2v) is 11.2. The number of ether oxygens (including phenoxy) is 1.